The molecule has 7 heteroatoms. The highest BCUT2D eigenvalue weighted by Gasteiger charge is 2.50. The van der Waals surface area contributed by atoms with Crippen molar-refractivity contribution in [3.63, 3.8) is 0 Å². The van der Waals surface area contributed by atoms with Crippen molar-refractivity contribution in [1.29, 1.82) is 0 Å². The van der Waals surface area contributed by atoms with Crippen LogP contribution in [0, 0.1) is 0 Å². The molecule has 0 aliphatic heterocycles. The topological polar surface area (TPSA) is 38.9 Å². The van der Waals surface area contributed by atoms with E-state index in [-0.39, 0.29) is 11.3 Å². The van der Waals surface area contributed by atoms with E-state index in [4.69, 9.17) is 50.9 Å². The van der Waals surface area contributed by atoms with E-state index >= 15 is 0 Å². The largest absolute Gasteiger partial charge is 0.335 e. The van der Waals surface area contributed by atoms with Crippen molar-refractivity contribution in [2.75, 3.05) is 0 Å². The molecule has 2 aromatic rings. The van der Waals surface area contributed by atoms with Gasteiger partial charge in [-0.05, 0) is 30.5 Å². The normalized spacial score (nSPS) is 17.5. The van der Waals surface area contributed by atoms with Crippen LogP contribution < -0.4 is 0 Å². The molecule has 100 valence electrons. The highest BCUT2D eigenvalue weighted by molar-refractivity contribution is 6.66. The summed E-state index contributed by atoms with van der Waals surface area (Å²) in [6.07, 6.45) is 1.85. The van der Waals surface area contributed by atoms with Crippen molar-refractivity contribution in [3.05, 3.63) is 46.6 Å². The first-order valence-electron chi connectivity index (χ1n) is 5.59. The molecule has 19 heavy (non-hydrogen) atoms. The second-order valence-corrected chi connectivity index (χ2v) is 7.23. The summed E-state index contributed by atoms with van der Waals surface area (Å²) < 4.78 is 3.32. The fourth-order valence-electron chi connectivity index (χ4n) is 2.09. The van der Waals surface area contributed by atoms with E-state index in [0.717, 1.165) is 18.4 Å². The van der Waals surface area contributed by atoms with Crippen LogP contribution in [-0.2, 0) is 9.21 Å². The van der Waals surface area contributed by atoms with E-state index in [0.29, 0.717) is 10.8 Å². The third-order valence-electron chi connectivity index (χ3n) is 3.22. The second kappa shape index (κ2) is 4.52. The number of rotatable bonds is 2. The Morgan fingerprint density at radius 2 is 1.95 bits per heavy atom. The zero-order valence-corrected chi connectivity index (χ0v) is 12.6. The van der Waals surface area contributed by atoms with Gasteiger partial charge < -0.3 is 4.52 Å². The van der Waals surface area contributed by atoms with Crippen LogP contribution >= 0.6 is 46.4 Å². The molecule has 0 amide bonds. The molecule has 1 aliphatic carbocycles. The van der Waals surface area contributed by atoms with Crippen LogP contribution in [-0.4, -0.2) is 10.1 Å². The van der Waals surface area contributed by atoms with E-state index in [2.05, 4.69) is 10.1 Å². The number of alkyl halides is 3. The SMILES string of the molecule is Clc1cccc(C2(c3noc(C(Cl)(Cl)Cl)n3)CC2)c1. The summed E-state index contributed by atoms with van der Waals surface area (Å²) >= 11 is 23.2. The van der Waals surface area contributed by atoms with Crippen LogP contribution in [0.3, 0.4) is 0 Å². The van der Waals surface area contributed by atoms with Crippen molar-refractivity contribution in [2.24, 2.45) is 0 Å². The molecule has 3 rings (SSSR count). The van der Waals surface area contributed by atoms with Crippen molar-refractivity contribution >= 4 is 46.4 Å². The van der Waals surface area contributed by atoms with Gasteiger partial charge in [-0.25, -0.2) is 0 Å². The molecular weight excluding hydrogens is 330 g/mol. The van der Waals surface area contributed by atoms with Gasteiger partial charge in [-0.2, -0.15) is 4.98 Å². The molecule has 1 aromatic heterocycles. The Hall–Kier alpha value is -0.480. The molecule has 1 heterocycles. The van der Waals surface area contributed by atoms with Gasteiger partial charge in [-0.3, -0.25) is 0 Å². The van der Waals surface area contributed by atoms with Gasteiger partial charge in [-0.15, -0.1) is 0 Å². The fraction of sp³-hybridized carbons (Fsp3) is 0.333. The summed E-state index contributed by atoms with van der Waals surface area (Å²) in [6, 6.07) is 7.61. The molecule has 1 fully saturated rings. The van der Waals surface area contributed by atoms with Gasteiger partial charge >= 0.3 is 0 Å². The third kappa shape index (κ3) is 2.45. The molecule has 0 N–H and O–H groups in total. The van der Waals surface area contributed by atoms with Crippen LogP contribution in [0.1, 0.15) is 30.1 Å². The predicted molar refractivity (Wildman–Crippen MR) is 75.0 cm³/mol. The minimum atomic E-state index is -1.70. The molecule has 0 bridgehead atoms. The number of halogens is 4. The van der Waals surface area contributed by atoms with Crippen molar-refractivity contribution in [3.8, 4) is 0 Å². The van der Waals surface area contributed by atoms with Crippen LogP contribution in [0.5, 0.6) is 0 Å². The van der Waals surface area contributed by atoms with E-state index in [1.807, 2.05) is 24.3 Å². The standard InChI is InChI=1S/C12H8Cl4N2O/c13-8-3-1-2-7(6-8)11(4-5-11)9-17-10(19-18-9)12(14,15)16/h1-3,6H,4-5H2. The Labute approximate surface area is 129 Å². The zero-order valence-electron chi connectivity index (χ0n) is 9.54. The number of nitrogens with zero attached hydrogens (tertiary/aromatic N) is 2. The van der Waals surface area contributed by atoms with Crippen LogP contribution in [0.25, 0.3) is 0 Å². The zero-order chi connectivity index (χ0) is 13.7. The number of benzene rings is 1. The summed E-state index contributed by atoms with van der Waals surface area (Å²) in [5, 5.41) is 4.62. The fourth-order valence-corrected chi connectivity index (χ4v) is 2.51. The molecule has 0 radical (unpaired) electrons. The first kappa shape index (κ1) is 13.5. The molecular formula is C12H8Cl4N2O. The Balaban J connectivity index is 2.00. The number of aromatic nitrogens is 2. The second-order valence-electron chi connectivity index (χ2n) is 4.51. The summed E-state index contributed by atoms with van der Waals surface area (Å²) in [5.74, 6) is 0.525. The van der Waals surface area contributed by atoms with Crippen molar-refractivity contribution in [1.82, 2.24) is 10.1 Å². The predicted octanol–water partition coefficient (Wildman–Crippen LogP) is 4.63. The van der Waals surface area contributed by atoms with Gasteiger partial charge in [0, 0.05) is 5.02 Å². The quantitative estimate of drug-likeness (QED) is 0.750. The molecule has 0 unspecified atom stereocenters. The number of hydrogen-bond donors (Lipinski definition) is 0. The maximum atomic E-state index is 6.02. The van der Waals surface area contributed by atoms with Gasteiger partial charge in [0.05, 0.1) is 5.41 Å². The van der Waals surface area contributed by atoms with Crippen LogP contribution in [0.15, 0.2) is 28.8 Å². The van der Waals surface area contributed by atoms with Crippen LogP contribution in [0.2, 0.25) is 5.02 Å². The minimum Gasteiger partial charge on any atom is -0.335 e. The summed E-state index contributed by atoms with van der Waals surface area (Å²) in [4.78, 5) is 4.21. The van der Waals surface area contributed by atoms with E-state index in [9.17, 15) is 0 Å². The molecule has 3 nitrogen and oxygen atoms in total. The third-order valence-corrected chi connectivity index (χ3v) is 3.94. The average molecular weight is 338 g/mol. The monoisotopic (exact) mass is 336 g/mol. The Morgan fingerprint density at radius 3 is 2.47 bits per heavy atom. The minimum absolute atomic E-state index is 0.0131. The van der Waals surface area contributed by atoms with Gasteiger partial charge in [0.15, 0.2) is 5.82 Å². The summed E-state index contributed by atoms with van der Waals surface area (Å²) in [6.45, 7) is 0. The molecule has 1 aromatic carbocycles. The van der Waals surface area contributed by atoms with Crippen LogP contribution in [0.4, 0.5) is 0 Å². The average Bonchev–Trinajstić information content (AvgIpc) is 2.98. The highest BCUT2D eigenvalue weighted by Crippen LogP contribution is 2.53. The highest BCUT2D eigenvalue weighted by atomic mass is 35.6. The molecule has 0 saturated heterocycles. The van der Waals surface area contributed by atoms with Gasteiger partial charge in [-0.1, -0.05) is 63.7 Å². The maximum absolute atomic E-state index is 6.02. The first-order valence-corrected chi connectivity index (χ1v) is 7.10. The van der Waals surface area contributed by atoms with E-state index in [1.165, 1.54) is 0 Å². The number of hydrogen-bond acceptors (Lipinski definition) is 3. The van der Waals surface area contributed by atoms with Crippen molar-refractivity contribution in [2.45, 2.75) is 22.0 Å². The smallest absolute Gasteiger partial charge is 0.278 e. The summed E-state index contributed by atoms with van der Waals surface area (Å²) in [5.41, 5.74) is 0.791. The lowest BCUT2D eigenvalue weighted by atomic mass is 9.95. The molecule has 1 saturated carbocycles. The van der Waals surface area contributed by atoms with Gasteiger partial charge in [0.25, 0.3) is 9.68 Å². The Bertz CT molecular complexity index is 616. The van der Waals surface area contributed by atoms with E-state index < -0.39 is 3.79 Å². The first-order chi connectivity index (χ1) is 8.92. The Kier molecular flexibility index (Phi) is 3.21. The van der Waals surface area contributed by atoms with E-state index in [1.54, 1.807) is 0 Å². The summed E-state index contributed by atoms with van der Waals surface area (Å²) in [7, 11) is 0. The lowest BCUT2D eigenvalue weighted by Crippen LogP contribution is -2.11. The molecule has 1 aliphatic rings. The molecule has 0 spiro atoms. The van der Waals surface area contributed by atoms with Crippen molar-refractivity contribution < 1.29 is 4.52 Å². The maximum Gasteiger partial charge on any atom is 0.278 e. The lowest BCUT2D eigenvalue weighted by molar-refractivity contribution is 0.374. The Morgan fingerprint density at radius 1 is 1.21 bits per heavy atom. The van der Waals surface area contributed by atoms with Gasteiger partial charge in [0.2, 0.25) is 0 Å². The lowest BCUT2D eigenvalue weighted by Gasteiger charge is -2.11. The van der Waals surface area contributed by atoms with Gasteiger partial charge in [0.1, 0.15) is 0 Å². The molecule has 0 atom stereocenters.